The minimum atomic E-state index is -0.209. The Morgan fingerprint density at radius 2 is 1.89 bits per heavy atom. The fourth-order valence-electron chi connectivity index (χ4n) is 2.67. The first-order chi connectivity index (χ1) is 13.7. The smallest absolute Gasteiger partial charge is 0.251 e. The summed E-state index contributed by atoms with van der Waals surface area (Å²) in [6.45, 7) is 0.604. The lowest BCUT2D eigenvalue weighted by Crippen LogP contribution is -2.28. The van der Waals surface area contributed by atoms with Crippen LogP contribution in [0.25, 0.3) is 17.0 Å². The highest BCUT2D eigenvalue weighted by molar-refractivity contribution is 6.30. The zero-order chi connectivity index (χ0) is 19.3. The molecule has 28 heavy (non-hydrogen) atoms. The van der Waals surface area contributed by atoms with E-state index in [0.29, 0.717) is 34.5 Å². The monoisotopic (exact) mass is 393 g/mol. The van der Waals surface area contributed by atoms with E-state index >= 15 is 0 Å². The summed E-state index contributed by atoms with van der Waals surface area (Å²) in [5.74, 6) is 0.844. The van der Waals surface area contributed by atoms with Crippen LogP contribution < -0.4 is 10.1 Å². The molecule has 4 aromatic rings. The van der Waals surface area contributed by atoms with Crippen molar-refractivity contribution in [1.29, 1.82) is 0 Å². The van der Waals surface area contributed by atoms with Crippen LogP contribution in [0.15, 0.2) is 66.7 Å². The number of amides is 1. The lowest BCUT2D eigenvalue weighted by molar-refractivity contribution is 0.0946. The summed E-state index contributed by atoms with van der Waals surface area (Å²) >= 11 is 5.90. The molecule has 2 aromatic heterocycles. The molecule has 0 aliphatic heterocycles. The SMILES string of the molecule is O=C(NCCOc1ccc2nnc(-c3ccccc3)n2n1)c1cccc(Cl)c1. The van der Waals surface area contributed by atoms with Crippen molar-refractivity contribution in [3.05, 3.63) is 77.3 Å². The molecule has 2 aromatic carbocycles. The van der Waals surface area contributed by atoms with E-state index in [4.69, 9.17) is 16.3 Å². The number of carbonyl (C=O) groups excluding carboxylic acids is 1. The maximum Gasteiger partial charge on any atom is 0.251 e. The molecule has 4 rings (SSSR count). The molecule has 7 nitrogen and oxygen atoms in total. The largest absolute Gasteiger partial charge is 0.475 e. The predicted octanol–water partition coefficient (Wildman–Crippen LogP) is 3.25. The van der Waals surface area contributed by atoms with Gasteiger partial charge in [0.15, 0.2) is 11.5 Å². The van der Waals surface area contributed by atoms with Crippen molar-refractivity contribution >= 4 is 23.2 Å². The Labute approximate surface area is 165 Å². The second-order valence-corrected chi connectivity index (χ2v) is 6.38. The second kappa shape index (κ2) is 8.06. The first-order valence-corrected chi connectivity index (χ1v) is 9.03. The van der Waals surface area contributed by atoms with Gasteiger partial charge in [-0.2, -0.15) is 4.52 Å². The number of aromatic nitrogens is 4. The molecule has 140 valence electrons. The quantitative estimate of drug-likeness (QED) is 0.508. The van der Waals surface area contributed by atoms with Crippen molar-refractivity contribution in [2.24, 2.45) is 0 Å². The number of nitrogens with one attached hydrogen (secondary N) is 1. The van der Waals surface area contributed by atoms with Crippen molar-refractivity contribution in [3.8, 4) is 17.3 Å². The van der Waals surface area contributed by atoms with Crippen LogP contribution in [-0.4, -0.2) is 38.9 Å². The van der Waals surface area contributed by atoms with Crippen molar-refractivity contribution in [1.82, 2.24) is 25.1 Å². The molecule has 0 aliphatic carbocycles. The number of benzene rings is 2. The maximum absolute atomic E-state index is 12.1. The fourth-order valence-corrected chi connectivity index (χ4v) is 2.86. The summed E-state index contributed by atoms with van der Waals surface area (Å²) < 4.78 is 7.29. The van der Waals surface area contributed by atoms with Crippen molar-refractivity contribution in [2.45, 2.75) is 0 Å². The predicted molar refractivity (Wildman–Crippen MR) is 105 cm³/mol. The second-order valence-electron chi connectivity index (χ2n) is 5.95. The van der Waals surface area contributed by atoms with Crippen molar-refractivity contribution in [3.63, 3.8) is 0 Å². The van der Waals surface area contributed by atoms with Crippen LogP contribution in [0.3, 0.4) is 0 Å². The topological polar surface area (TPSA) is 81.4 Å². The number of halogens is 1. The van der Waals surface area contributed by atoms with Crippen LogP contribution in [0.5, 0.6) is 5.88 Å². The molecule has 8 heteroatoms. The molecule has 0 unspecified atom stereocenters. The minimum Gasteiger partial charge on any atom is -0.475 e. The molecule has 1 N–H and O–H groups in total. The normalized spacial score (nSPS) is 10.8. The zero-order valence-electron chi connectivity index (χ0n) is 14.7. The molecule has 0 bridgehead atoms. The van der Waals surface area contributed by atoms with Gasteiger partial charge >= 0.3 is 0 Å². The minimum absolute atomic E-state index is 0.209. The van der Waals surface area contributed by atoms with Gasteiger partial charge in [0, 0.05) is 22.2 Å². The molecule has 0 saturated carbocycles. The van der Waals surface area contributed by atoms with Gasteiger partial charge in [-0.3, -0.25) is 4.79 Å². The third kappa shape index (κ3) is 3.94. The number of nitrogens with zero attached hydrogens (tertiary/aromatic N) is 4. The summed E-state index contributed by atoms with van der Waals surface area (Å²) in [6.07, 6.45) is 0. The standard InChI is InChI=1S/C20H16ClN5O2/c21-16-8-4-7-15(13-16)20(27)22-11-12-28-18-10-9-17-23-24-19(26(17)25-18)14-5-2-1-3-6-14/h1-10,13H,11-12H2,(H,22,27). The Kier molecular flexibility index (Phi) is 5.16. The zero-order valence-corrected chi connectivity index (χ0v) is 15.5. The highest BCUT2D eigenvalue weighted by Gasteiger charge is 2.10. The van der Waals surface area contributed by atoms with Crippen LogP contribution >= 0.6 is 11.6 Å². The van der Waals surface area contributed by atoms with Crippen molar-refractivity contribution in [2.75, 3.05) is 13.2 Å². The molecule has 0 atom stereocenters. The fraction of sp³-hybridized carbons (Fsp3) is 0.100. The lowest BCUT2D eigenvalue weighted by atomic mass is 10.2. The van der Waals surface area contributed by atoms with Gasteiger partial charge in [0.2, 0.25) is 5.88 Å². The summed E-state index contributed by atoms with van der Waals surface area (Å²) in [6, 6.07) is 20.0. The van der Waals surface area contributed by atoms with Gasteiger partial charge in [0.1, 0.15) is 6.61 Å². The Balaban J connectivity index is 1.39. The summed E-state index contributed by atoms with van der Waals surface area (Å²) in [5.41, 5.74) is 2.04. The highest BCUT2D eigenvalue weighted by Crippen LogP contribution is 2.18. The van der Waals surface area contributed by atoms with Gasteiger partial charge in [-0.05, 0) is 24.3 Å². The Hall–Kier alpha value is -3.45. The number of rotatable bonds is 6. The lowest BCUT2D eigenvalue weighted by Gasteiger charge is -2.08. The first kappa shape index (κ1) is 17.9. The molecular weight excluding hydrogens is 378 g/mol. The van der Waals surface area contributed by atoms with Gasteiger partial charge in [-0.1, -0.05) is 48.0 Å². The maximum atomic E-state index is 12.1. The number of hydrogen-bond acceptors (Lipinski definition) is 5. The highest BCUT2D eigenvalue weighted by atomic mass is 35.5. The molecule has 0 fully saturated rings. The Morgan fingerprint density at radius 3 is 2.71 bits per heavy atom. The van der Waals surface area contributed by atoms with Gasteiger partial charge in [0.05, 0.1) is 6.54 Å². The number of hydrogen-bond donors (Lipinski definition) is 1. The van der Waals surface area contributed by atoms with E-state index in [0.717, 1.165) is 5.56 Å². The van der Waals surface area contributed by atoms with Crippen LogP contribution in [0, 0.1) is 0 Å². The molecule has 2 heterocycles. The van der Waals surface area contributed by atoms with E-state index in [1.54, 1.807) is 40.9 Å². The van der Waals surface area contributed by atoms with Gasteiger partial charge < -0.3 is 10.1 Å². The Morgan fingerprint density at radius 1 is 1.04 bits per heavy atom. The number of fused-ring (bicyclic) bond motifs is 1. The molecule has 1 amide bonds. The average Bonchev–Trinajstić information content (AvgIpc) is 3.15. The van der Waals surface area contributed by atoms with Gasteiger partial charge in [-0.25, -0.2) is 0 Å². The molecule has 0 spiro atoms. The van der Waals surface area contributed by atoms with Crippen LogP contribution in [-0.2, 0) is 0 Å². The van der Waals surface area contributed by atoms with E-state index in [9.17, 15) is 4.79 Å². The van der Waals surface area contributed by atoms with Crippen LogP contribution in [0.1, 0.15) is 10.4 Å². The summed E-state index contributed by atoms with van der Waals surface area (Å²) in [4.78, 5) is 12.1. The Bertz CT molecular complexity index is 1110. The average molecular weight is 394 g/mol. The van der Waals surface area contributed by atoms with E-state index in [1.165, 1.54) is 0 Å². The van der Waals surface area contributed by atoms with Gasteiger partial charge in [-0.15, -0.1) is 15.3 Å². The first-order valence-electron chi connectivity index (χ1n) is 8.65. The van der Waals surface area contributed by atoms with E-state index in [-0.39, 0.29) is 12.5 Å². The molecular formula is C20H16ClN5O2. The molecule has 0 radical (unpaired) electrons. The third-order valence-corrected chi connectivity index (χ3v) is 4.23. The third-order valence-electron chi connectivity index (χ3n) is 3.99. The van der Waals surface area contributed by atoms with E-state index in [1.807, 2.05) is 30.3 Å². The van der Waals surface area contributed by atoms with Crippen LogP contribution in [0.2, 0.25) is 5.02 Å². The summed E-state index contributed by atoms with van der Waals surface area (Å²) in [7, 11) is 0. The molecule has 0 aliphatic rings. The van der Waals surface area contributed by atoms with Crippen LogP contribution in [0.4, 0.5) is 0 Å². The van der Waals surface area contributed by atoms with Crippen molar-refractivity contribution < 1.29 is 9.53 Å². The summed E-state index contributed by atoms with van der Waals surface area (Å²) in [5, 5.41) is 16.1. The van der Waals surface area contributed by atoms with E-state index in [2.05, 4.69) is 20.6 Å². The number of carbonyl (C=O) groups is 1. The molecule has 0 saturated heterocycles. The number of ether oxygens (including phenoxy) is 1. The van der Waals surface area contributed by atoms with E-state index < -0.39 is 0 Å². The van der Waals surface area contributed by atoms with Gasteiger partial charge in [0.25, 0.3) is 5.91 Å².